The first-order chi connectivity index (χ1) is 9.47. The van der Waals surface area contributed by atoms with E-state index < -0.39 is 11.9 Å². The molecule has 1 aromatic carbocycles. The standard InChI is InChI=1S/C14H15BrFNO3/c15-12-3-2-11(16)7-9(12)1-4-13(18)17-6-5-10(8-17)14(19)20/h2-3,7,10H,1,4-6,8H2,(H,19,20). The molecular formula is C14H15BrFNO3. The third-order valence-corrected chi connectivity index (χ3v) is 4.28. The first-order valence-electron chi connectivity index (χ1n) is 6.42. The number of carboxylic acids is 1. The lowest BCUT2D eigenvalue weighted by Gasteiger charge is -2.16. The smallest absolute Gasteiger partial charge is 0.308 e. The summed E-state index contributed by atoms with van der Waals surface area (Å²) in [6.07, 6.45) is 1.20. The third-order valence-electron chi connectivity index (χ3n) is 3.51. The van der Waals surface area contributed by atoms with Gasteiger partial charge in [-0.15, -0.1) is 0 Å². The van der Waals surface area contributed by atoms with Crippen LogP contribution in [0.25, 0.3) is 0 Å². The summed E-state index contributed by atoms with van der Waals surface area (Å²) in [5, 5.41) is 8.90. The topological polar surface area (TPSA) is 57.6 Å². The number of carbonyl (C=O) groups is 2. The quantitative estimate of drug-likeness (QED) is 0.913. The highest BCUT2D eigenvalue weighted by Gasteiger charge is 2.30. The van der Waals surface area contributed by atoms with Crippen molar-refractivity contribution in [2.45, 2.75) is 19.3 Å². The van der Waals surface area contributed by atoms with Crippen LogP contribution in [-0.2, 0) is 16.0 Å². The second kappa shape index (κ2) is 6.35. The van der Waals surface area contributed by atoms with Crippen LogP contribution in [0.2, 0.25) is 0 Å². The van der Waals surface area contributed by atoms with Crippen molar-refractivity contribution in [3.63, 3.8) is 0 Å². The number of halogens is 2. The zero-order chi connectivity index (χ0) is 14.7. The van der Waals surface area contributed by atoms with E-state index in [2.05, 4.69) is 15.9 Å². The van der Waals surface area contributed by atoms with Crippen LogP contribution in [0.3, 0.4) is 0 Å². The van der Waals surface area contributed by atoms with Crippen molar-refractivity contribution >= 4 is 27.8 Å². The van der Waals surface area contributed by atoms with Gasteiger partial charge in [-0.1, -0.05) is 15.9 Å². The van der Waals surface area contributed by atoms with E-state index in [0.717, 1.165) is 10.0 Å². The van der Waals surface area contributed by atoms with E-state index in [4.69, 9.17) is 5.11 Å². The van der Waals surface area contributed by atoms with Crippen LogP contribution in [0, 0.1) is 11.7 Å². The average Bonchev–Trinajstić information content (AvgIpc) is 2.89. The number of aryl methyl sites for hydroxylation is 1. The molecule has 2 rings (SSSR count). The molecule has 0 radical (unpaired) electrons. The van der Waals surface area contributed by atoms with E-state index in [-0.39, 0.29) is 24.7 Å². The fourth-order valence-electron chi connectivity index (χ4n) is 2.32. The van der Waals surface area contributed by atoms with Crippen molar-refractivity contribution in [1.29, 1.82) is 0 Å². The highest BCUT2D eigenvalue weighted by molar-refractivity contribution is 9.10. The van der Waals surface area contributed by atoms with Crippen LogP contribution in [-0.4, -0.2) is 35.0 Å². The Balaban J connectivity index is 1.90. The Morgan fingerprint density at radius 1 is 1.45 bits per heavy atom. The molecule has 1 N–H and O–H groups in total. The summed E-state index contributed by atoms with van der Waals surface area (Å²) in [6, 6.07) is 4.38. The number of nitrogens with zero attached hydrogens (tertiary/aromatic N) is 1. The Morgan fingerprint density at radius 2 is 2.20 bits per heavy atom. The molecule has 0 aromatic heterocycles. The number of aliphatic carboxylic acids is 1. The molecule has 1 unspecified atom stereocenters. The number of rotatable bonds is 4. The van der Waals surface area contributed by atoms with E-state index in [0.29, 0.717) is 19.4 Å². The molecule has 1 aliphatic heterocycles. The monoisotopic (exact) mass is 343 g/mol. The van der Waals surface area contributed by atoms with E-state index >= 15 is 0 Å². The van der Waals surface area contributed by atoms with Gasteiger partial charge < -0.3 is 10.0 Å². The van der Waals surface area contributed by atoms with Gasteiger partial charge in [0.2, 0.25) is 5.91 Å². The van der Waals surface area contributed by atoms with Crippen molar-refractivity contribution in [2.75, 3.05) is 13.1 Å². The molecule has 1 saturated heterocycles. The molecule has 6 heteroatoms. The minimum absolute atomic E-state index is 0.0788. The molecule has 0 bridgehead atoms. The highest BCUT2D eigenvalue weighted by Crippen LogP contribution is 2.21. The van der Waals surface area contributed by atoms with Gasteiger partial charge in [-0.25, -0.2) is 4.39 Å². The molecule has 1 aliphatic rings. The average molecular weight is 344 g/mol. The summed E-state index contributed by atoms with van der Waals surface area (Å²) in [5.41, 5.74) is 0.743. The fraction of sp³-hybridized carbons (Fsp3) is 0.429. The summed E-state index contributed by atoms with van der Waals surface area (Å²) in [5.74, 6) is -1.72. The molecule has 20 heavy (non-hydrogen) atoms. The first-order valence-corrected chi connectivity index (χ1v) is 7.21. The predicted octanol–water partition coefficient (Wildman–Crippen LogP) is 2.45. The number of likely N-dealkylation sites (tertiary alicyclic amines) is 1. The summed E-state index contributed by atoms with van der Waals surface area (Å²) in [4.78, 5) is 24.4. The summed E-state index contributed by atoms with van der Waals surface area (Å²) < 4.78 is 13.9. The van der Waals surface area contributed by atoms with Crippen LogP contribution in [0.15, 0.2) is 22.7 Å². The lowest BCUT2D eigenvalue weighted by molar-refractivity contribution is -0.141. The maximum atomic E-state index is 13.1. The van der Waals surface area contributed by atoms with E-state index in [1.54, 1.807) is 11.0 Å². The van der Waals surface area contributed by atoms with Gasteiger partial charge in [0.05, 0.1) is 5.92 Å². The van der Waals surface area contributed by atoms with Gasteiger partial charge in [0.25, 0.3) is 0 Å². The van der Waals surface area contributed by atoms with Crippen LogP contribution >= 0.6 is 15.9 Å². The minimum Gasteiger partial charge on any atom is -0.481 e. The maximum Gasteiger partial charge on any atom is 0.308 e. The van der Waals surface area contributed by atoms with Gasteiger partial charge in [-0.05, 0) is 36.6 Å². The van der Waals surface area contributed by atoms with Gasteiger partial charge >= 0.3 is 5.97 Å². The molecule has 0 saturated carbocycles. The second-order valence-electron chi connectivity index (χ2n) is 4.90. The zero-order valence-electron chi connectivity index (χ0n) is 10.8. The van der Waals surface area contributed by atoms with Gasteiger partial charge in [-0.3, -0.25) is 9.59 Å². The Labute approximate surface area is 124 Å². The first kappa shape index (κ1) is 15.0. The summed E-state index contributed by atoms with van der Waals surface area (Å²) >= 11 is 3.32. The van der Waals surface area contributed by atoms with Crippen LogP contribution in [0.1, 0.15) is 18.4 Å². The Kier molecular flexibility index (Phi) is 4.75. The zero-order valence-corrected chi connectivity index (χ0v) is 12.4. The molecule has 1 aromatic rings. The number of carbonyl (C=O) groups excluding carboxylic acids is 1. The number of amides is 1. The van der Waals surface area contributed by atoms with Crippen LogP contribution in [0.5, 0.6) is 0 Å². The number of carboxylic acid groups (broad SMARTS) is 1. The predicted molar refractivity (Wildman–Crippen MR) is 74.7 cm³/mol. The van der Waals surface area contributed by atoms with E-state index in [9.17, 15) is 14.0 Å². The Morgan fingerprint density at radius 3 is 2.85 bits per heavy atom. The molecule has 0 spiro atoms. The molecule has 108 valence electrons. The summed E-state index contributed by atoms with van der Waals surface area (Å²) in [6.45, 7) is 0.763. The minimum atomic E-state index is -0.854. The second-order valence-corrected chi connectivity index (χ2v) is 5.75. The van der Waals surface area contributed by atoms with Crippen molar-refractivity contribution in [1.82, 2.24) is 4.90 Å². The highest BCUT2D eigenvalue weighted by atomic mass is 79.9. The van der Waals surface area contributed by atoms with Gasteiger partial charge in [0, 0.05) is 24.0 Å². The molecule has 4 nitrogen and oxygen atoms in total. The van der Waals surface area contributed by atoms with Gasteiger partial charge in [0.1, 0.15) is 5.82 Å². The van der Waals surface area contributed by atoms with Gasteiger partial charge in [-0.2, -0.15) is 0 Å². The Bertz CT molecular complexity index is 535. The largest absolute Gasteiger partial charge is 0.481 e. The maximum absolute atomic E-state index is 13.1. The van der Waals surface area contributed by atoms with E-state index in [1.807, 2.05) is 0 Å². The molecule has 1 atom stereocenters. The van der Waals surface area contributed by atoms with Crippen molar-refractivity contribution < 1.29 is 19.1 Å². The summed E-state index contributed by atoms with van der Waals surface area (Å²) in [7, 11) is 0. The van der Waals surface area contributed by atoms with Crippen molar-refractivity contribution in [3.05, 3.63) is 34.1 Å². The third kappa shape index (κ3) is 3.56. The SMILES string of the molecule is O=C(O)C1CCN(C(=O)CCc2cc(F)ccc2Br)C1. The van der Waals surface area contributed by atoms with Gasteiger partial charge in [0.15, 0.2) is 0 Å². The van der Waals surface area contributed by atoms with Crippen molar-refractivity contribution in [2.24, 2.45) is 5.92 Å². The number of benzene rings is 1. The Hall–Kier alpha value is -1.43. The molecule has 1 amide bonds. The molecule has 1 fully saturated rings. The fourth-order valence-corrected chi connectivity index (χ4v) is 2.77. The number of hydrogen-bond donors (Lipinski definition) is 1. The van der Waals surface area contributed by atoms with E-state index in [1.165, 1.54) is 12.1 Å². The molecule has 1 heterocycles. The molecular weight excluding hydrogens is 329 g/mol. The molecule has 0 aliphatic carbocycles. The van der Waals surface area contributed by atoms with Crippen LogP contribution in [0.4, 0.5) is 4.39 Å². The number of hydrogen-bond acceptors (Lipinski definition) is 2. The lowest BCUT2D eigenvalue weighted by atomic mass is 10.1. The van der Waals surface area contributed by atoms with Crippen LogP contribution < -0.4 is 0 Å². The normalized spacial score (nSPS) is 18.3. The lowest BCUT2D eigenvalue weighted by Crippen LogP contribution is -2.30. The van der Waals surface area contributed by atoms with Crippen molar-refractivity contribution in [3.8, 4) is 0 Å².